The Bertz CT molecular complexity index is 747. The lowest BCUT2D eigenvalue weighted by atomic mass is 9.79. The average Bonchev–Trinajstić information content (AvgIpc) is 2.78. The zero-order chi connectivity index (χ0) is 16.6. The van der Waals surface area contributed by atoms with E-state index in [0.717, 1.165) is 29.7 Å². The zero-order valence-electron chi connectivity index (χ0n) is 13.9. The lowest BCUT2D eigenvalue weighted by Gasteiger charge is -2.34. The summed E-state index contributed by atoms with van der Waals surface area (Å²) in [5, 5.41) is 13.9. The predicted molar refractivity (Wildman–Crippen MR) is 88.5 cm³/mol. The normalized spacial score (nSPS) is 20.2. The van der Waals surface area contributed by atoms with Crippen LogP contribution in [0, 0.1) is 20.8 Å². The Kier molecular flexibility index (Phi) is 4.02. The third-order valence-electron chi connectivity index (χ3n) is 4.88. The van der Waals surface area contributed by atoms with Gasteiger partial charge in [0.05, 0.1) is 12.1 Å². The van der Waals surface area contributed by atoms with Crippen molar-refractivity contribution in [3.05, 3.63) is 58.0 Å². The van der Waals surface area contributed by atoms with Crippen LogP contribution in [0.25, 0.3) is 0 Å². The van der Waals surface area contributed by atoms with Crippen molar-refractivity contribution in [3.8, 4) is 0 Å². The van der Waals surface area contributed by atoms with Crippen molar-refractivity contribution in [1.82, 2.24) is 5.32 Å². The Labute approximate surface area is 136 Å². The van der Waals surface area contributed by atoms with E-state index in [4.69, 9.17) is 4.42 Å². The van der Waals surface area contributed by atoms with Gasteiger partial charge in [-0.2, -0.15) is 0 Å². The summed E-state index contributed by atoms with van der Waals surface area (Å²) in [6.07, 6.45) is 2.56. The molecule has 4 heteroatoms. The third kappa shape index (κ3) is 2.79. The number of aliphatic hydroxyl groups is 1. The fourth-order valence-electron chi connectivity index (χ4n) is 3.52. The topological polar surface area (TPSA) is 62.5 Å². The van der Waals surface area contributed by atoms with Crippen LogP contribution in [0.5, 0.6) is 0 Å². The van der Waals surface area contributed by atoms with E-state index < -0.39 is 5.60 Å². The molecule has 1 aromatic heterocycles. The molecule has 1 atom stereocenters. The van der Waals surface area contributed by atoms with E-state index in [0.29, 0.717) is 17.7 Å². The summed E-state index contributed by atoms with van der Waals surface area (Å²) in [7, 11) is 0. The van der Waals surface area contributed by atoms with Crippen LogP contribution < -0.4 is 5.32 Å². The van der Waals surface area contributed by atoms with E-state index in [1.54, 1.807) is 6.92 Å². The molecule has 1 aliphatic rings. The van der Waals surface area contributed by atoms with Gasteiger partial charge in [0.25, 0.3) is 5.91 Å². The first-order chi connectivity index (χ1) is 10.9. The first kappa shape index (κ1) is 15.8. The second kappa shape index (κ2) is 5.85. The van der Waals surface area contributed by atoms with Crippen molar-refractivity contribution in [1.29, 1.82) is 0 Å². The van der Waals surface area contributed by atoms with Crippen molar-refractivity contribution in [2.24, 2.45) is 0 Å². The van der Waals surface area contributed by atoms with Gasteiger partial charge in [-0.05, 0) is 51.2 Å². The van der Waals surface area contributed by atoms with E-state index in [2.05, 4.69) is 11.4 Å². The number of carbonyl (C=O) groups is 1. The molecule has 2 aromatic rings. The maximum atomic E-state index is 12.5. The molecule has 1 aliphatic carbocycles. The summed E-state index contributed by atoms with van der Waals surface area (Å²) in [5.74, 6) is 1.19. The van der Waals surface area contributed by atoms with E-state index in [-0.39, 0.29) is 12.5 Å². The van der Waals surface area contributed by atoms with E-state index in [1.807, 2.05) is 32.0 Å². The largest absolute Gasteiger partial charge is 0.466 e. The number of amides is 1. The molecule has 0 fully saturated rings. The summed E-state index contributed by atoms with van der Waals surface area (Å²) in [6, 6.07) is 7.93. The standard InChI is InChI=1S/C19H23NO3/c1-12-13(2)23-14(3)17(12)18(21)20-11-19(22)10-6-8-15-7-4-5-9-16(15)19/h4-5,7,9,22H,6,8,10-11H2,1-3H3,(H,20,21). The van der Waals surface area contributed by atoms with Crippen LogP contribution in [0.2, 0.25) is 0 Å². The number of furan rings is 1. The maximum Gasteiger partial charge on any atom is 0.255 e. The van der Waals surface area contributed by atoms with Gasteiger partial charge in [-0.1, -0.05) is 24.3 Å². The molecule has 122 valence electrons. The highest BCUT2D eigenvalue weighted by molar-refractivity contribution is 5.96. The molecule has 1 amide bonds. The van der Waals surface area contributed by atoms with Crippen LogP contribution in [0.4, 0.5) is 0 Å². The SMILES string of the molecule is Cc1oc(C)c(C(=O)NCC2(O)CCCc3ccccc32)c1C. The molecule has 4 nitrogen and oxygen atoms in total. The fourth-order valence-corrected chi connectivity index (χ4v) is 3.52. The van der Waals surface area contributed by atoms with Crippen molar-refractivity contribution in [2.75, 3.05) is 6.54 Å². The maximum absolute atomic E-state index is 12.5. The van der Waals surface area contributed by atoms with Crippen molar-refractivity contribution in [2.45, 2.75) is 45.6 Å². The van der Waals surface area contributed by atoms with Gasteiger partial charge < -0.3 is 14.8 Å². The number of nitrogens with one attached hydrogen (secondary N) is 1. The van der Waals surface area contributed by atoms with Gasteiger partial charge >= 0.3 is 0 Å². The van der Waals surface area contributed by atoms with Gasteiger partial charge in [0.1, 0.15) is 17.1 Å². The van der Waals surface area contributed by atoms with Crippen molar-refractivity contribution >= 4 is 5.91 Å². The molecule has 1 aromatic carbocycles. The number of aryl methyl sites for hydroxylation is 3. The van der Waals surface area contributed by atoms with Crippen LogP contribution >= 0.6 is 0 Å². The van der Waals surface area contributed by atoms with Gasteiger partial charge in [0.2, 0.25) is 0 Å². The first-order valence-corrected chi connectivity index (χ1v) is 8.08. The quantitative estimate of drug-likeness (QED) is 0.915. The molecular weight excluding hydrogens is 290 g/mol. The van der Waals surface area contributed by atoms with E-state index in [1.165, 1.54) is 5.56 Å². The Morgan fingerprint density at radius 1 is 1.26 bits per heavy atom. The monoisotopic (exact) mass is 313 g/mol. The van der Waals surface area contributed by atoms with E-state index in [9.17, 15) is 9.90 Å². The Balaban J connectivity index is 1.80. The molecule has 0 saturated heterocycles. The molecule has 3 rings (SSSR count). The number of hydrogen-bond donors (Lipinski definition) is 2. The van der Waals surface area contributed by atoms with Gasteiger partial charge in [-0.15, -0.1) is 0 Å². The lowest BCUT2D eigenvalue weighted by molar-refractivity contribution is 0.0189. The first-order valence-electron chi connectivity index (χ1n) is 8.08. The zero-order valence-corrected chi connectivity index (χ0v) is 13.9. The van der Waals surface area contributed by atoms with Crippen LogP contribution in [0.3, 0.4) is 0 Å². The smallest absolute Gasteiger partial charge is 0.255 e. The molecule has 1 unspecified atom stereocenters. The molecular formula is C19H23NO3. The van der Waals surface area contributed by atoms with Crippen molar-refractivity contribution in [3.63, 3.8) is 0 Å². The van der Waals surface area contributed by atoms with Gasteiger partial charge in [0, 0.05) is 5.56 Å². The molecule has 0 spiro atoms. The van der Waals surface area contributed by atoms with E-state index >= 15 is 0 Å². The minimum absolute atomic E-state index is 0.187. The minimum atomic E-state index is -0.995. The van der Waals surface area contributed by atoms with Gasteiger partial charge in [-0.3, -0.25) is 4.79 Å². The number of fused-ring (bicyclic) bond motifs is 1. The molecule has 0 aliphatic heterocycles. The van der Waals surface area contributed by atoms with Gasteiger partial charge in [-0.25, -0.2) is 0 Å². The van der Waals surface area contributed by atoms with Crippen LogP contribution in [-0.2, 0) is 12.0 Å². The highest BCUT2D eigenvalue weighted by Gasteiger charge is 2.34. The lowest BCUT2D eigenvalue weighted by Crippen LogP contribution is -2.43. The predicted octanol–water partition coefficient (Wildman–Crippen LogP) is 3.16. The molecule has 0 saturated carbocycles. The Hall–Kier alpha value is -2.07. The molecule has 0 bridgehead atoms. The van der Waals surface area contributed by atoms with Crippen LogP contribution in [0.15, 0.2) is 28.7 Å². The average molecular weight is 313 g/mol. The highest BCUT2D eigenvalue weighted by atomic mass is 16.3. The Morgan fingerprint density at radius 3 is 2.70 bits per heavy atom. The molecule has 1 heterocycles. The molecule has 2 N–H and O–H groups in total. The second-order valence-electron chi connectivity index (χ2n) is 6.44. The summed E-state index contributed by atoms with van der Waals surface area (Å²) in [5.41, 5.74) is 2.54. The number of carbonyl (C=O) groups excluding carboxylic acids is 1. The van der Waals surface area contributed by atoms with Crippen molar-refractivity contribution < 1.29 is 14.3 Å². The molecule has 0 radical (unpaired) electrons. The highest BCUT2D eigenvalue weighted by Crippen LogP contribution is 2.34. The summed E-state index contributed by atoms with van der Waals surface area (Å²) >= 11 is 0. The Morgan fingerprint density at radius 2 is 2.00 bits per heavy atom. The fraction of sp³-hybridized carbons (Fsp3) is 0.421. The molecule has 23 heavy (non-hydrogen) atoms. The second-order valence-corrected chi connectivity index (χ2v) is 6.44. The van der Waals surface area contributed by atoms with Crippen LogP contribution in [0.1, 0.15) is 51.4 Å². The minimum Gasteiger partial charge on any atom is -0.466 e. The summed E-state index contributed by atoms with van der Waals surface area (Å²) in [6.45, 7) is 5.74. The van der Waals surface area contributed by atoms with Crippen LogP contribution in [-0.4, -0.2) is 17.6 Å². The third-order valence-corrected chi connectivity index (χ3v) is 4.88. The number of rotatable bonds is 3. The van der Waals surface area contributed by atoms with Gasteiger partial charge in [0.15, 0.2) is 0 Å². The summed E-state index contributed by atoms with van der Waals surface area (Å²) < 4.78 is 5.52. The number of hydrogen-bond acceptors (Lipinski definition) is 3. The summed E-state index contributed by atoms with van der Waals surface area (Å²) in [4.78, 5) is 12.5. The number of benzene rings is 1.